The van der Waals surface area contributed by atoms with E-state index < -0.39 is 0 Å². The highest BCUT2D eigenvalue weighted by Gasteiger charge is 2.28. The molecule has 7 heteroatoms. The first-order valence-corrected chi connectivity index (χ1v) is 8.14. The molecule has 6 nitrogen and oxygen atoms in total. The standard InChI is InChI=1S/C14H17N5OS/c20-13-17-18-14(19(13)11-4-5-11)21-12-6-1-9(8-16-12)7-15-10-2-3-10/h1,6,8,10-11,15H,2-5,7H2,(H,17,20). The van der Waals surface area contributed by atoms with Crippen LogP contribution in [0.1, 0.15) is 37.3 Å². The lowest BCUT2D eigenvalue weighted by Crippen LogP contribution is -2.16. The van der Waals surface area contributed by atoms with Gasteiger partial charge in [0.15, 0.2) is 5.16 Å². The first kappa shape index (κ1) is 13.1. The number of H-pyrrole nitrogens is 1. The predicted octanol–water partition coefficient (Wildman–Crippen LogP) is 1.70. The van der Waals surface area contributed by atoms with Gasteiger partial charge in [0.2, 0.25) is 0 Å². The van der Waals surface area contributed by atoms with Crippen LogP contribution in [0.15, 0.2) is 33.3 Å². The molecule has 110 valence electrons. The third kappa shape index (κ3) is 3.03. The van der Waals surface area contributed by atoms with Crippen LogP contribution in [0.2, 0.25) is 0 Å². The summed E-state index contributed by atoms with van der Waals surface area (Å²) < 4.78 is 1.74. The van der Waals surface area contributed by atoms with Gasteiger partial charge in [0.1, 0.15) is 5.03 Å². The zero-order chi connectivity index (χ0) is 14.2. The van der Waals surface area contributed by atoms with E-state index in [-0.39, 0.29) is 5.69 Å². The Hall–Kier alpha value is -1.60. The van der Waals surface area contributed by atoms with Crippen LogP contribution in [-0.4, -0.2) is 25.8 Å². The Labute approximate surface area is 126 Å². The molecule has 21 heavy (non-hydrogen) atoms. The third-order valence-electron chi connectivity index (χ3n) is 3.75. The number of nitrogens with zero attached hydrogens (tertiary/aromatic N) is 3. The Morgan fingerprint density at radius 1 is 1.33 bits per heavy atom. The summed E-state index contributed by atoms with van der Waals surface area (Å²) >= 11 is 1.44. The fourth-order valence-electron chi connectivity index (χ4n) is 2.24. The molecule has 0 unspecified atom stereocenters. The zero-order valence-electron chi connectivity index (χ0n) is 11.6. The van der Waals surface area contributed by atoms with Crippen molar-refractivity contribution in [3.8, 4) is 0 Å². The van der Waals surface area contributed by atoms with E-state index in [9.17, 15) is 4.79 Å². The van der Waals surface area contributed by atoms with Crippen LogP contribution < -0.4 is 11.0 Å². The van der Waals surface area contributed by atoms with Crippen LogP contribution in [0.3, 0.4) is 0 Å². The highest BCUT2D eigenvalue weighted by atomic mass is 32.2. The fourth-order valence-corrected chi connectivity index (χ4v) is 3.09. The lowest BCUT2D eigenvalue weighted by Gasteiger charge is -2.05. The van der Waals surface area contributed by atoms with Gasteiger partial charge in [-0.3, -0.25) is 4.57 Å². The molecular weight excluding hydrogens is 286 g/mol. The number of aromatic nitrogens is 4. The van der Waals surface area contributed by atoms with Gasteiger partial charge in [-0.15, -0.1) is 5.10 Å². The molecule has 2 aliphatic rings. The molecule has 2 saturated carbocycles. The second-order valence-corrected chi connectivity index (χ2v) is 6.66. The minimum atomic E-state index is -0.120. The summed E-state index contributed by atoms with van der Waals surface area (Å²) in [4.78, 5) is 16.2. The zero-order valence-corrected chi connectivity index (χ0v) is 12.4. The van der Waals surface area contributed by atoms with E-state index in [1.54, 1.807) is 4.57 Å². The maximum atomic E-state index is 11.7. The van der Waals surface area contributed by atoms with Crippen molar-refractivity contribution in [2.75, 3.05) is 0 Å². The van der Waals surface area contributed by atoms with Crippen LogP contribution >= 0.6 is 11.8 Å². The topological polar surface area (TPSA) is 75.6 Å². The number of pyridine rings is 1. The second kappa shape index (κ2) is 5.31. The number of hydrogen-bond donors (Lipinski definition) is 2. The van der Waals surface area contributed by atoms with E-state index in [2.05, 4.69) is 26.6 Å². The quantitative estimate of drug-likeness (QED) is 0.849. The van der Waals surface area contributed by atoms with E-state index in [0.29, 0.717) is 17.2 Å². The summed E-state index contributed by atoms with van der Waals surface area (Å²) in [6.07, 6.45) is 6.60. The van der Waals surface area contributed by atoms with Crippen molar-refractivity contribution in [2.45, 2.75) is 54.5 Å². The van der Waals surface area contributed by atoms with Crippen LogP contribution in [0.4, 0.5) is 0 Å². The average molecular weight is 303 g/mol. The summed E-state index contributed by atoms with van der Waals surface area (Å²) in [7, 11) is 0. The molecule has 2 N–H and O–H groups in total. The van der Waals surface area contributed by atoms with Gasteiger partial charge >= 0.3 is 5.69 Å². The molecule has 2 fully saturated rings. The maximum Gasteiger partial charge on any atom is 0.344 e. The number of aromatic amines is 1. The Kier molecular flexibility index (Phi) is 3.31. The van der Waals surface area contributed by atoms with Crippen molar-refractivity contribution in [3.63, 3.8) is 0 Å². The lowest BCUT2D eigenvalue weighted by molar-refractivity contribution is 0.642. The van der Waals surface area contributed by atoms with Crippen molar-refractivity contribution < 1.29 is 0 Å². The second-order valence-electron chi connectivity index (χ2n) is 5.67. The van der Waals surface area contributed by atoms with Crippen molar-refractivity contribution in [2.24, 2.45) is 0 Å². The van der Waals surface area contributed by atoms with E-state index in [1.165, 1.54) is 30.2 Å². The fraction of sp³-hybridized carbons (Fsp3) is 0.500. The van der Waals surface area contributed by atoms with Gasteiger partial charge in [-0.05, 0) is 49.1 Å². The molecule has 0 aromatic carbocycles. The SMILES string of the molecule is O=c1[nH]nc(Sc2ccc(CNC3CC3)cn2)n1C1CC1. The highest BCUT2D eigenvalue weighted by molar-refractivity contribution is 7.99. The van der Waals surface area contributed by atoms with Crippen molar-refractivity contribution in [1.82, 2.24) is 25.1 Å². The largest absolute Gasteiger partial charge is 0.344 e. The van der Waals surface area contributed by atoms with Gasteiger partial charge in [-0.25, -0.2) is 14.9 Å². The van der Waals surface area contributed by atoms with Gasteiger partial charge < -0.3 is 5.32 Å². The van der Waals surface area contributed by atoms with Gasteiger partial charge in [0.05, 0.1) is 0 Å². The third-order valence-corrected chi connectivity index (χ3v) is 4.67. The van der Waals surface area contributed by atoms with Gasteiger partial charge in [-0.2, -0.15) is 0 Å². The Morgan fingerprint density at radius 2 is 2.19 bits per heavy atom. The molecular formula is C14H17N5OS. The molecule has 0 radical (unpaired) electrons. The molecule has 0 atom stereocenters. The van der Waals surface area contributed by atoms with E-state index in [0.717, 1.165) is 24.4 Å². The first-order valence-electron chi connectivity index (χ1n) is 7.32. The average Bonchev–Trinajstić information content (AvgIpc) is 3.40. The molecule has 0 bridgehead atoms. The lowest BCUT2D eigenvalue weighted by atomic mass is 10.3. The van der Waals surface area contributed by atoms with Crippen molar-refractivity contribution in [3.05, 3.63) is 34.4 Å². The monoisotopic (exact) mass is 303 g/mol. The Balaban J connectivity index is 1.45. The van der Waals surface area contributed by atoms with Crippen molar-refractivity contribution in [1.29, 1.82) is 0 Å². The maximum absolute atomic E-state index is 11.7. The van der Waals surface area contributed by atoms with Gasteiger partial charge in [-0.1, -0.05) is 6.07 Å². The minimum Gasteiger partial charge on any atom is -0.310 e. The molecule has 2 heterocycles. The number of rotatable bonds is 6. The molecule has 0 amide bonds. The van der Waals surface area contributed by atoms with Crippen LogP contribution in [0, 0.1) is 0 Å². The van der Waals surface area contributed by atoms with Crippen molar-refractivity contribution >= 4 is 11.8 Å². The van der Waals surface area contributed by atoms with E-state index in [1.807, 2.05) is 12.3 Å². The normalized spacial score (nSPS) is 18.1. The number of nitrogens with one attached hydrogen (secondary N) is 2. The smallest absolute Gasteiger partial charge is 0.310 e. The molecule has 4 rings (SSSR count). The van der Waals surface area contributed by atoms with Gasteiger partial charge in [0.25, 0.3) is 0 Å². The molecule has 0 aliphatic heterocycles. The molecule has 0 saturated heterocycles. The molecule has 2 aromatic rings. The summed E-state index contributed by atoms with van der Waals surface area (Å²) in [5.41, 5.74) is 1.07. The Bertz CT molecular complexity index is 684. The molecule has 0 spiro atoms. The Morgan fingerprint density at radius 3 is 2.86 bits per heavy atom. The van der Waals surface area contributed by atoms with E-state index in [4.69, 9.17) is 0 Å². The van der Waals surface area contributed by atoms with Crippen LogP contribution in [-0.2, 0) is 6.54 Å². The molecule has 2 aliphatic carbocycles. The van der Waals surface area contributed by atoms with Crippen LogP contribution in [0.25, 0.3) is 0 Å². The predicted molar refractivity (Wildman–Crippen MR) is 79.3 cm³/mol. The van der Waals surface area contributed by atoms with E-state index >= 15 is 0 Å². The van der Waals surface area contributed by atoms with Crippen LogP contribution in [0.5, 0.6) is 0 Å². The summed E-state index contributed by atoms with van der Waals surface area (Å²) in [6.45, 7) is 0.873. The summed E-state index contributed by atoms with van der Waals surface area (Å²) in [5, 5.41) is 11.7. The van der Waals surface area contributed by atoms with Gasteiger partial charge in [0, 0.05) is 24.8 Å². The number of hydrogen-bond acceptors (Lipinski definition) is 5. The first-order chi connectivity index (χ1) is 10.3. The summed E-state index contributed by atoms with van der Waals surface area (Å²) in [6, 6.07) is 5.10. The minimum absolute atomic E-state index is 0.120. The highest BCUT2D eigenvalue weighted by Crippen LogP contribution is 2.37. The molecule has 2 aromatic heterocycles. The summed E-state index contributed by atoms with van der Waals surface area (Å²) in [5.74, 6) is 0.